The molecule has 0 aliphatic carbocycles. The first-order chi connectivity index (χ1) is 9.71. The van der Waals surface area contributed by atoms with Crippen molar-refractivity contribution in [3.63, 3.8) is 0 Å². The van der Waals surface area contributed by atoms with Crippen LogP contribution >= 0.6 is 23.4 Å². The number of rotatable bonds is 3. The van der Waals surface area contributed by atoms with Crippen molar-refractivity contribution in [2.75, 3.05) is 6.26 Å². The zero-order chi connectivity index (χ0) is 14.1. The number of thioether (sulfide) groups is 1. The summed E-state index contributed by atoms with van der Waals surface area (Å²) < 4.78 is 1.64. The summed E-state index contributed by atoms with van der Waals surface area (Å²) in [7, 11) is 0. The van der Waals surface area contributed by atoms with Crippen LogP contribution in [-0.2, 0) is 6.42 Å². The lowest BCUT2D eigenvalue weighted by Gasteiger charge is -2.03. The van der Waals surface area contributed by atoms with E-state index in [4.69, 9.17) is 11.6 Å². The Labute approximate surface area is 125 Å². The Bertz CT molecular complexity index is 771. The second kappa shape index (κ2) is 5.38. The fraction of sp³-hybridized carbons (Fsp3) is 0.231. The lowest BCUT2D eigenvalue weighted by Crippen LogP contribution is -1.97. The zero-order valence-corrected chi connectivity index (χ0v) is 12.6. The zero-order valence-electron chi connectivity index (χ0n) is 11.0. The molecule has 0 fully saturated rings. The van der Waals surface area contributed by atoms with Gasteiger partial charge in [0, 0.05) is 18.3 Å². The molecule has 5 nitrogen and oxygen atoms in total. The van der Waals surface area contributed by atoms with Crippen molar-refractivity contribution < 1.29 is 0 Å². The van der Waals surface area contributed by atoms with Crippen LogP contribution in [0.2, 0.25) is 5.15 Å². The van der Waals surface area contributed by atoms with Gasteiger partial charge in [0.15, 0.2) is 10.8 Å². The first-order valence-electron chi connectivity index (χ1n) is 6.14. The van der Waals surface area contributed by atoms with Crippen LogP contribution in [0.25, 0.3) is 17.0 Å². The number of aromatic nitrogens is 5. The molecule has 7 heteroatoms. The van der Waals surface area contributed by atoms with E-state index in [1.807, 2.05) is 25.3 Å². The topological polar surface area (TPSA) is 56.0 Å². The van der Waals surface area contributed by atoms with E-state index in [0.29, 0.717) is 10.3 Å². The second-order valence-electron chi connectivity index (χ2n) is 4.15. The predicted molar refractivity (Wildman–Crippen MR) is 80.2 cm³/mol. The van der Waals surface area contributed by atoms with Crippen LogP contribution in [0.15, 0.2) is 29.6 Å². The fourth-order valence-corrected chi connectivity index (χ4v) is 2.45. The average molecular weight is 306 g/mol. The van der Waals surface area contributed by atoms with Crippen molar-refractivity contribution >= 4 is 29.0 Å². The van der Waals surface area contributed by atoms with Gasteiger partial charge in [-0.15, -0.1) is 0 Å². The summed E-state index contributed by atoms with van der Waals surface area (Å²) in [5, 5.41) is 5.62. The van der Waals surface area contributed by atoms with Crippen molar-refractivity contribution in [3.05, 3.63) is 35.2 Å². The van der Waals surface area contributed by atoms with E-state index in [0.717, 1.165) is 29.1 Å². The molecule has 3 aromatic rings. The van der Waals surface area contributed by atoms with Gasteiger partial charge in [-0.3, -0.25) is 0 Å². The fourth-order valence-electron chi connectivity index (χ4n) is 1.87. The SMILES string of the molecule is CCc1cc2nc(-c3ccnc(SC)n3)cc(Cl)n2n1. The van der Waals surface area contributed by atoms with Crippen LogP contribution < -0.4 is 0 Å². The summed E-state index contributed by atoms with van der Waals surface area (Å²) in [6.45, 7) is 2.05. The Morgan fingerprint density at radius 1 is 1.25 bits per heavy atom. The maximum Gasteiger partial charge on any atom is 0.187 e. The van der Waals surface area contributed by atoms with Crippen LogP contribution in [-0.4, -0.2) is 30.8 Å². The van der Waals surface area contributed by atoms with Gasteiger partial charge in [-0.05, 0) is 18.7 Å². The number of hydrogen-bond donors (Lipinski definition) is 0. The summed E-state index contributed by atoms with van der Waals surface area (Å²) in [4.78, 5) is 13.2. The molecule has 0 atom stereocenters. The molecule has 3 heterocycles. The van der Waals surface area contributed by atoms with Gasteiger partial charge in [0.2, 0.25) is 0 Å². The number of nitrogens with zero attached hydrogens (tertiary/aromatic N) is 5. The molecule has 0 saturated heterocycles. The third kappa shape index (κ3) is 2.36. The third-order valence-electron chi connectivity index (χ3n) is 2.88. The summed E-state index contributed by atoms with van der Waals surface area (Å²) in [6.07, 6.45) is 4.51. The summed E-state index contributed by atoms with van der Waals surface area (Å²) in [5.41, 5.74) is 3.17. The van der Waals surface area contributed by atoms with Crippen LogP contribution in [0.1, 0.15) is 12.6 Å². The van der Waals surface area contributed by atoms with Gasteiger partial charge in [-0.25, -0.2) is 19.5 Å². The number of hydrogen-bond acceptors (Lipinski definition) is 5. The highest BCUT2D eigenvalue weighted by Crippen LogP contribution is 2.22. The first kappa shape index (κ1) is 13.3. The smallest absolute Gasteiger partial charge is 0.187 e. The largest absolute Gasteiger partial charge is 0.231 e. The van der Waals surface area contributed by atoms with E-state index in [1.54, 1.807) is 16.8 Å². The normalized spacial score (nSPS) is 11.2. The van der Waals surface area contributed by atoms with Crippen LogP contribution in [0.3, 0.4) is 0 Å². The van der Waals surface area contributed by atoms with Crippen molar-refractivity contribution in [3.8, 4) is 11.4 Å². The molecule has 0 radical (unpaired) electrons. The molecule has 0 aliphatic heterocycles. The highest BCUT2D eigenvalue weighted by Gasteiger charge is 2.10. The van der Waals surface area contributed by atoms with Crippen molar-refractivity contribution in [1.29, 1.82) is 0 Å². The summed E-state index contributed by atoms with van der Waals surface area (Å²) in [5.74, 6) is 0. The number of halogens is 1. The standard InChI is InChI=1S/C13H12ClN5S/c1-3-8-6-12-16-10(7-11(14)19(12)18-8)9-4-5-15-13(17-9)20-2/h4-7H,3H2,1-2H3. The molecule has 3 rings (SSSR count). The molecular weight excluding hydrogens is 294 g/mol. The van der Waals surface area contributed by atoms with Gasteiger partial charge in [0.1, 0.15) is 5.15 Å². The van der Waals surface area contributed by atoms with Crippen LogP contribution in [0.4, 0.5) is 0 Å². The van der Waals surface area contributed by atoms with Crippen molar-refractivity contribution in [2.45, 2.75) is 18.5 Å². The molecule has 0 aliphatic rings. The maximum atomic E-state index is 6.27. The Morgan fingerprint density at radius 3 is 2.85 bits per heavy atom. The monoisotopic (exact) mass is 305 g/mol. The molecule has 0 bridgehead atoms. The minimum Gasteiger partial charge on any atom is -0.231 e. The first-order valence-corrected chi connectivity index (χ1v) is 7.74. The summed E-state index contributed by atoms with van der Waals surface area (Å²) >= 11 is 7.76. The lowest BCUT2D eigenvalue weighted by molar-refractivity contribution is 0.886. The highest BCUT2D eigenvalue weighted by atomic mass is 35.5. The van der Waals surface area contributed by atoms with E-state index in [9.17, 15) is 0 Å². The summed E-state index contributed by atoms with van der Waals surface area (Å²) in [6, 6.07) is 5.53. The van der Waals surface area contributed by atoms with Crippen LogP contribution in [0, 0.1) is 0 Å². The van der Waals surface area contributed by atoms with E-state index in [2.05, 4.69) is 20.1 Å². The van der Waals surface area contributed by atoms with Gasteiger partial charge >= 0.3 is 0 Å². The Hall–Kier alpha value is -1.66. The molecule has 0 unspecified atom stereocenters. The highest BCUT2D eigenvalue weighted by molar-refractivity contribution is 7.98. The van der Waals surface area contributed by atoms with Gasteiger partial charge < -0.3 is 0 Å². The van der Waals surface area contributed by atoms with E-state index >= 15 is 0 Å². The molecule has 20 heavy (non-hydrogen) atoms. The van der Waals surface area contributed by atoms with E-state index in [-0.39, 0.29) is 0 Å². The van der Waals surface area contributed by atoms with Gasteiger partial charge in [-0.2, -0.15) is 5.10 Å². The molecule has 3 aromatic heterocycles. The molecule has 0 aromatic carbocycles. The predicted octanol–water partition coefficient (Wildman–Crippen LogP) is 3.12. The lowest BCUT2D eigenvalue weighted by atomic mass is 10.3. The van der Waals surface area contributed by atoms with Gasteiger partial charge in [0.25, 0.3) is 0 Å². The van der Waals surface area contributed by atoms with E-state index in [1.165, 1.54) is 11.8 Å². The quantitative estimate of drug-likeness (QED) is 0.423. The Morgan fingerprint density at radius 2 is 2.10 bits per heavy atom. The number of aryl methyl sites for hydroxylation is 1. The van der Waals surface area contributed by atoms with Crippen molar-refractivity contribution in [2.24, 2.45) is 0 Å². The molecular formula is C13H12ClN5S. The molecule has 0 amide bonds. The second-order valence-corrected chi connectivity index (χ2v) is 5.31. The molecule has 0 N–H and O–H groups in total. The number of fused-ring (bicyclic) bond motifs is 1. The molecule has 102 valence electrons. The van der Waals surface area contributed by atoms with E-state index < -0.39 is 0 Å². The Kier molecular flexibility index (Phi) is 3.58. The van der Waals surface area contributed by atoms with Gasteiger partial charge in [0.05, 0.1) is 17.1 Å². The minimum atomic E-state index is 0.522. The van der Waals surface area contributed by atoms with Crippen molar-refractivity contribution in [1.82, 2.24) is 24.6 Å². The van der Waals surface area contributed by atoms with Gasteiger partial charge in [-0.1, -0.05) is 30.3 Å². The molecule has 0 spiro atoms. The Balaban J connectivity index is 2.15. The average Bonchev–Trinajstić information content (AvgIpc) is 2.91. The minimum absolute atomic E-state index is 0.522. The third-order valence-corrected chi connectivity index (χ3v) is 3.71. The van der Waals surface area contributed by atoms with Crippen LogP contribution in [0.5, 0.6) is 0 Å². The molecule has 0 saturated carbocycles. The maximum absolute atomic E-state index is 6.27.